The lowest BCUT2D eigenvalue weighted by Crippen LogP contribution is -2.05. The van der Waals surface area contributed by atoms with Crippen molar-refractivity contribution in [3.8, 4) is 11.3 Å². The molecule has 0 N–H and O–H groups in total. The number of ether oxygens (including phenoxy) is 1. The van der Waals surface area contributed by atoms with Crippen molar-refractivity contribution in [1.82, 2.24) is 14.6 Å². The highest BCUT2D eigenvalue weighted by Gasteiger charge is 2.19. The van der Waals surface area contributed by atoms with Gasteiger partial charge >= 0.3 is 5.97 Å². The van der Waals surface area contributed by atoms with Gasteiger partial charge in [0.05, 0.1) is 0 Å². The second-order valence-corrected chi connectivity index (χ2v) is 6.06. The normalized spacial score (nSPS) is 10.4. The molecule has 7 heteroatoms. The van der Waals surface area contributed by atoms with Gasteiger partial charge in [0.15, 0.2) is 4.88 Å². The average molecular weight is 376 g/mol. The van der Waals surface area contributed by atoms with Gasteiger partial charge in [0.1, 0.15) is 12.3 Å². The van der Waals surface area contributed by atoms with Crippen molar-refractivity contribution in [2.24, 2.45) is 0 Å². The fraction of sp³-hybridized carbons (Fsp3) is 0.0667. The van der Waals surface area contributed by atoms with Crippen molar-refractivity contribution >= 4 is 33.4 Å². The second-order valence-electron chi connectivity index (χ2n) is 4.39. The molecule has 0 saturated carbocycles. The Hall–Kier alpha value is -2.12. The number of hydrogen-bond donors (Lipinski definition) is 0. The summed E-state index contributed by atoms with van der Waals surface area (Å²) in [7, 11) is 0. The molecule has 0 aliphatic carbocycles. The van der Waals surface area contributed by atoms with Gasteiger partial charge in [-0.05, 0) is 41.4 Å². The summed E-state index contributed by atoms with van der Waals surface area (Å²) in [5.74, 6) is -0.434. The molecule has 0 fully saturated rings. The molecule has 110 valence electrons. The average Bonchev–Trinajstić information content (AvgIpc) is 3.04. The van der Waals surface area contributed by atoms with E-state index >= 15 is 0 Å². The lowest BCUT2D eigenvalue weighted by Gasteiger charge is -2.04. The first-order valence-corrected chi connectivity index (χ1v) is 7.95. The molecule has 0 amide bonds. The van der Waals surface area contributed by atoms with Gasteiger partial charge in [-0.25, -0.2) is 4.79 Å². The number of nitrogens with zero attached hydrogens (tertiary/aromatic N) is 3. The summed E-state index contributed by atoms with van der Waals surface area (Å²) in [6.07, 6.45) is 3.30. The molecule has 0 saturated heterocycles. The van der Waals surface area contributed by atoms with Crippen LogP contribution in [0.25, 0.3) is 11.3 Å². The Kier molecular flexibility index (Phi) is 4.55. The van der Waals surface area contributed by atoms with Crippen LogP contribution in [0.1, 0.15) is 15.2 Å². The van der Waals surface area contributed by atoms with Gasteiger partial charge in [0, 0.05) is 22.4 Å². The highest BCUT2D eigenvalue weighted by molar-refractivity contribution is 9.10. The summed E-state index contributed by atoms with van der Waals surface area (Å²) >= 11 is 4.38. The first-order valence-electron chi connectivity index (χ1n) is 6.38. The Morgan fingerprint density at radius 2 is 2.05 bits per heavy atom. The van der Waals surface area contributed by atoms with Crippen LogP contribution in [0.4, 0.5) is 0 Å². The van der Waals surface area contributed by atoms with Crippen molar-refractivity contribution in [3.05, 3.63) is 63.7 Å². The molecule has 0 aliphatic heterocycles. The van der Waals surface area contributed by atoms with E-state index in [4.69, 9.17) is 4.74 Å². The van der Waals surface area contributed by atoms with E-state index in [0.717, 1.165) is 27.1 Å². The predicted octanol–water partition coefficient (Wildman–Crippen LogP) is 3.72. The second kappa shape index (κ2) is 6.76. The molecule has 5 nitrogen and oxygen atoms in total. The smallest absolute Gasteiger partial charge is 0.352 e. The maximum atomic E-state index is 12.2. The molecule has 3 rings (SSSR count). The van der Waals surface area contributed by atoms with Crippen LogP contribution in [0.5, 0.6) is 0 Å². The minimum Gasteiger partial charge on any atom is -0.457 e. The molecule has 2 aromatic heterocycles. The van der Waals surface area contributed by atoms with Crippen molar-refractivity contribution in [3.63, 3.8) is 0 Å². The van der Waals surface area contributed by atoms with E-state index in [1.165, 1.54) is 0 Å². The Morgan fingerprint density at radius 1 is 1.23 bits per heavy atom. The first-order chi connectivity index (χ1) is 10.7. The zero-order chi connectivity index (χ0) is 15.4. The summed E-state index contributed by atoms with van der Waals surface area (Å²) in [4.78, 5) is 16.6. The van der Waals surface area contributed by atoms with E-state index < -0.39 is 5.97 Å². The molecular weight excluding hydrogens is 366 g/mol. The number of carbonyl (C=O) groups excluding carboxylic acids is 1. The van der Waals surface area contributed by atoms with Gasteiger partial charge < -0.3 is 4.74 Å². The number of pyridine rings is 1. The Balaban J connectivity index is 1.73. The van der Waals surface area contributed by atoms with Crippen LogP contribution in [-0.4, -0.2) is 20.5 Å². The molecule has 0 radical (unpaired) electrons. The maximum absolute atomic E-state index is 12.2. The Morgan fingerprint density at radius 3 is 2.77 bits per heavy atom. The summed E-state index contributed by atoms with van der Waals surface area (Å²) in [6, 6.07) is 11.2. The zero-order valence-electron chi connectivity index (χ0n) is 11.3. The highest BCUT2D eigenvalue weighted by Crippen LogP contribution is 2.24. The van der Waals surface area contributed by atoms with Gasteiger partial charge in [-0.3, -0.25) is 4.98 Å². The van der Waals surface area contributed by atoms with Crippen molar-refractivity contribution in [2.45, 2.75) is 6.61 Å². The number of hydrogen-bond acceptors (Lipinski definition) is 6. The minimum atomic E-state index is -0.434. The number of halogens is 1. The summed E-state index contributed by atoms with van der Waals surface area (Å²) in [5.41, 5.74) is 2.16. The van der Waals surface area contributed by atoms with E-state index in [1.807, 2.05) is 30.3 Å². The third kappa shape index (κ3) is 3.37. The van der Waals surface area contributed by atoms with E-state index in [0.29, 0.717) is 10.6 Å². The molecule has 0 atom stereocenters. The number of aromatic nitrogens is 3. The summed E-state index contributed by atoms with van der Waals surface area (Å²) < 4.78 is 10.2. The molecule has 1 aromatic carbocycles. The molecule has 0 aliphatic rings. The maximum Gasteiger partial charge on any atom is 0.352 e. The standard InChI is InChI=1S/C15H10BrN3O2S/c16-12-5-3-10(4-6-12)9-21-15(20)14-13(18-19-22-14)11-2-1-7-17-8-11/h1-8H,9H2. The monoisotopic (exact) mass is 375 g/mol. The van der Waals surface area contributed by atoms with E-state index in [9.17, 15) is 4.79 Å². The Labute approximate surface area is 139 Å². The van der Waals surface area contributed by atoms with Crippen LogP contribution >= 0.6 is 27.5 Å². The van der Waals surface area contributed by atoms with Crippen molar-refractivity contribution in [1.29, 1.82) is 0 Å². The van der Waals surface area contributed by atoms with Gasteiger partial charge in [-0.1, -0.05) is 32.6 Å². The number of carbonyl (C=O) groups is 1. The van der Waals surface area contributed by atoms with Crippen LogP contribution in [0.15, 0.2) is 53.3 Å². The molecule has 0 bridgehead atoms. The van der Waals surface area contributed by atoms with E-state index in [1.54, 1.807) is 18.5 Å². The van der Waals surface area contributed by atoms with Crippen LogP contribution in [0, 0.1) is 0 Å². The van der Waals surface area contributed by atoms with Gasteiger partial charge in [-0.2, -0.15) is 0 Å². The van der Waals surface area contributed by atoms with Gasteiger partial charge in [0.25, 0.3) is 0 Å². The minimum absolute atomic E-state index is 0.205. The Bertz CT molecular complexity index is 775. The molecule has 2 heterocycles. The van der Waals surface area contributed by atoms with Crippen molar-refractivity contribution in [2.75, 3.05) is 0 Å². The van der Waals surface area contributed by atoms with Crippen LogP contribution in [0.2, 0.25) is 0 Å². The summed E-state index contributed by atoms with van der Waals surface area (Å²) in [6.45, 7) is 0.205. The molecule has 3 aromatic rings. The zero-order valence-corrected chi connectivity index (χ0v) is 13.7. The number of esters is 1. The van der Waals surface area contributed by atoms with Crippen LogP contribution < -0.4 is 0 Å². The first kappa shape index (κ1) is 14.8. The molecule has 0 spiro atoms. The molecular formula is C15H10BrN3O2S. The SMILES string of the molecule is O=C(OCc1ccc(Br)cc1)c1snnc1-c1cccnc1. The van der Waals surface area contributed by atoms with Gasteiger partial charge in [0.2, 0.25) is 0 Å². The lowest BCUT2D eigenvalue weighted by atomic mass is 10.2. The highest BCUT2D eigenvalue weighted by atomic mass is 79.9. The van der Waals surface area contributed by atoms with E-state index in [-0.39, 0.29) is 6.61 Å². The third-order valence-electron chi connectivity index (χ3n) is 2.89. The number of rotatable bonds is 4. The fourth-order valence-electron chi connectivity index (χ4n) is 1.81. The van der Waals surface area contributed by atoms with Crippen LogP contribution in [0.3, 0.4) is 0 Å². The number of benzene rings is 1. The topological polar surface area (TPSA) is 65.0 Å². The largest absolute Gasteiger partial charge is 0.457 e. The van der Waals surface area contributed by atoms with Gasteiger partial charge in [-0.15, -0.1) is 5.10 Å². The summed E-state index contributed by atoms with van der Waals surface area (Å²) in [5, 5.41) is 4.00. The van der Waals surface area contributed by atoms with E-state index in [2.05, 4.69) is 30.5 Å². The third-order valence-corrected chi connectivity index (χ3v) is 4.13. The fourth-order valence-corrected chi connectivity index (χ4v) is 2.66. The predicted molar refractivity (Wildman–Crippen MR) is 86.4 cm³/mol. The van der Waals surface area contributed by atoms with Crippen molar-refractivity contribution < 1.29 is 9.53 Å². The lowest BCUT2D eigenvalue weighted by molar-refractivity contribution is 0.0479. The van der Waals surface area contributed by atoms with Crippen LogP contribution in [-0.2, 0) is 11.3 Å². The quantitative estimate of drug-likeness (QED) is 0.650. The molecule has 0 unspecified atom stereocenters. The molecule has 22 heavy (non-hydrogen) atoms.